The number of anilines is 1. The van der Waals surface area contributed by atoms with Crippen molar-refractivity contribution in [3.63, 3.8) is 0 Å². The topological polar surface area (TPSA) is 105 Å². The Morgan fingerprint density at radius 2 is 1.93 bits per heavy atom. The summed E-state index contributed by atoms with van der Waals surface area (Å²) in [6.45, 7) is 2.89. The highest BCUT2D eigenvalue weighted by molar-refractivity contribution is 5.94. The van der Waals surface area contributed by atoms with Gasteiger partial charge in [0.25, 0.3) is 5.91 Å². The zero-order chi connectivity index (χ0) is 19.0. The molecule has 7 heteroatoms. The van der Waals surface area contributed by atoms with E-state index in [2.05, 4.69) is 15.0 Å². The quantitative estimate of drug-likeness (QED) is 0.838. The molecule has 7 nitrogen and oxygen atoms in total. The first kappa shape index (κ1) is 17.9. The van der Waals surface area contributed by atoms with Crippen molar-refractivity contribution in [2.75, 3.05) is 18.8 Å². The zero-order valence-corrected chi connectivity index (χ0v) is 15.6. The second-order valence-electron chi connectivity index (χ2n) is 7.61. The van der Waals surface area contributed by atoms with Gasteiger partial charge in [-0.25, -0.2) is 9.97 Å². The van der Waals surface area contributed by atoms with E-state index in [1.165, 1.54) is 0 Å². The molecule has 3 heterocycles. The normalized spacial score (nSPS) is 18.8. The van der Waals surface area contributed by atoms with Crippen LogP contribution in [0.1, 0.15) is 58.7 Å². The molecular formula is C20H25N5O2. The van der Waals surface area contributed by atoms with Crippen molar-refractivity contribution in [2.45, 2.75) is 51.0 Å². The summed E-state index contributed by atoms with van der Waals surface area (Å²) in [6.07, 6.45) is 6.45. The van der Waals surface area contributed by atoms with E-state index in [1.54, 1.807) is 11.1 Å². The summed E-state index contributed by atoms with van der Waals surface area (Å²) in [5.74, 6) is 0.0533. The maximum atomic E-state index is 13.1. The van der Waals surface area contributed by atoms with Crippen molar-refractivity contribution < 1.29 is 9.90 Å². The van der Waals surface area contributed by atoms with Gasteiger partial charge in [-0.05, 0) is 57.1 Å². The maximum absolute atomic E-state index is 13.1. The molecule has 142 valence electrons. The molecule has 0 saturated carbocycles. The number of hydrogen-bond donors (Lipinski definition) is 2. The third-order valence-electron chi connectivity index (χ3n) is 5.67. The number of fused-ring (bicyclic) bond motifs is 1. The monoisotopic (exact) mass is 367 g/mol. The molecule has 0 unspecified atom stereocenters. The molecule has 0 spiro atoms. The maximum Gasteiger partial charge on any atom is 0.272 e. The minimum atomic E-state index is -0.991. The van der Waals surface area contributed by atoms with E-state index in [9.17, 15) is 9.90 Å². The van der Waals surface area contributed by atoms with Crippen LogP contribution in [0.2, 0.25) is 0 Å². The highest BCUT2D eigenvalue weighted by Crippen LogP contribution is 2.33. The summed E-state index contributed by atoms with van der Waals surface area (Å²) >= 11 is 0. The molecule has 0 bridgehead atoms. The molecule has 1 fully saturated rings. The van der Waals surface area contributed by atoms with Gasteiger partial charge in [0, 0.05) is 30.5 Å². The molecule has 0 atom stereocenters. The summed E-state index contributed by atoms with van der Waals surface area (Å²) in [6, 6.07) is 3.82. The summed E-state index contributed by atoms with van der Waals surface area (Å²) < 4.78 is 0. The molecule has 2 aromatic rings. The lowest BCUT2D eigenvalue weighted by Gasteiger charge is -2.38. The van der Waals surface area contributed by atoms with Crippen LogP contribution in [0.15, 0.2) is 18.3 Å². The van der Waals surface area contributed by atoms with E-state index in [0.717, 1.165) is 42.5 Å². The van der Waals surface area contributed by atoms with Crippen molar-refractivity contribution in [3.8, 4) is 0 Å². The second kappa shape index (κ2) is 6.88. The van der Waals surface area contributed by atoms with Crippen molar-refractivity contribution in [1.82, 2.24) is 19.9 Å². The molecule has 2 aromatic heterocycles. The van der Waals surface area contributed by atoms with Gasteiger partial charge in [0.05, 0.1) is 5.69 Å². The van der Waals surface area contributed by atoms with Crippen LogP contribution in [0, 0.1) is 6.92 Å². The molecule has 4 rings (SSSR count). The predicted octanol–water partition coefficient (Wildman–Crippen LogP) is 1.76. The summed E-state index contributed by atoms with van der Waals surface area (Å²) in [7, 11) is 0. The van der Waals surface area contributed by atoms with Crippen LogP contribution >= 0.6 is 0 Å². The van der Waals surface area contributed by atoms with Crippen molar-refractivity contribution in [2.24, 2.45) is 0 Å². The standard InChI is InChI=1S/C20H25N5O2/c1-13-6-7-16(22-12-13)20(27)8-10-25(11-9-20)18(26)17-14-4-2-3-5-15(14)23-19(21)24-17/h6-7,12,27H,2-5,8-11H2,1H3,(H2,21,23,24). The largest absolute Gasteiger partial charge is 0.383 e. The van der Waals surface area contributed by atoms with Crippen molar-refractivity contribution in [3.05, 3.63) is 46.5 Å². The molecule has 0 radical (unpaired) electrons. The van der Waals surface area contributed by atoms with Gasteiger partial charge in [-0.2, -0.15) is 0 Å². The van der Waals surface area contributed by atoms with Gasteiger partial charge in [-0.3, -0.25) is 9.78 Å². The number of nitrogens with zero attached hydrogens (tertiary/aromatic N) is 4. The second-order valence-corrected chi connectivity index (χ2v) is 7.61. The average molecular weight is 367 g/mol. The van der Waals surface area contributed by atoms with E-state index < -0.39 is 5.60 Å². The fraction of sp³-hybridized carbons (Fsp3) is 0.500. The number of aliphatic hydroxyl groups is 1. The Kier molecular flexibility index (Phi) is 4.55. The van der Waals surface area contributed by atoms with Gasteiger partial charge in [-0.1, -0.05) is 6.07 Å². The lowest BCUT2D eigenvalue weighted by Crippen LogP contribution is -2.46. The number of aryl methyl sites for hydroxylation is 2. The minimum Gasteiger partial charge on any atom is -0.383 e. The van der Waals surface area contributed by atoms with Crippen LogP contribution in [0.3, 0.4) is 0 Å². The summed E-state index contributed by atoms with van der Waals surface area (Å²) in [4.78, 5) is 27.8. The third-order valence-corrected chi connectivity index (χ3v) is 5.67. The molecule has 2 aliphatic rings. The number of likely N-dealkylation sites (tertiary alicyclic amines) is 1. The first-order valence-corrected chi connectivity index (χ1v) is 9.56. The summed E-state index contributed by atoms with van der Waals surface area (Å²) in [5, 5.41) is 11.0. The molecule has 1 aliphatic carbocycles. The van der Waals surface area contributed by atoms with Gasteiger partial charge in [-0.15, -0.1) is 0 Å². The van der Waals surface area contributed by atoms with E-state index >= 15 is 0 Å². The van der Waals surface area contributed by atoms with E-state index in [0.29, 0.717) is 37.3 Å². The highest BCUT2D eigenvalue weighted by atomic mass is 16.3. The lowest BCUT2D eigenvalue weighted by molar-refractivity contribution is -0.0245. The number of hydrogen-bond acceptors (Lipinski definition) is 6. The molecule has 1 amide bonds. The molecular weight excluding hydrogens is 342 g/mol. The third kappa shape index (κ3) is 3.39. The number of nitrogens with two attached hydrogens (primary N) is 1. The summed E-state index contributed by atoms with van der Waals surface area (Å²) in [5.41, 5.74) is 8.87. The molecule has 0 aromatic carbocycles. The van der Waals surface area contributed by atoms with Gasteiger partial charge in [0.15, 0.2) is 0 Å². The SMILES string of the molecule is Cc1ccc(C2(O)CCN(C(=O)c3nc(N)nc4c3CCCC4)CC2)nc1. The lowest BCUT2D eigenvalue weighted by atomic mass is 9.87. The van der Waals surface area contributed by atoms with Crippen molar-refractivity contribution in [1.29, 1.82) is 0 Å². The van der Waals surface area contributed by atoms with Crippen LogP contribution in [-0.4, -0.2) is 44.0 Å². The predicted molar refractivity (Wildman–Crippen MR) is 101 cm³/mol. The van der Waals surface area contributed by atoms with Crippen LogP contribution in [0.5, 0.6) is 0 Å². The van der Waals surface area contributed by atoms with E-state index in [-0.39, 0.29) is 11.9 Å². The number of piperidine rings is 1. The smallest absolute Gasteiger partial charge is 0.272 e. The van der Waals surface area contributed by atoms with E-state index in [1.807, 2.05) is 19.1 Å². The highest BCUT2D eigenvalue weighted by Gasteiger charge is 2.37. The van der Waals surface area contributed by atoms with Crippen LogP contribution in [-0.2, 0) is 18.4 Å². The fourth-order valence-electron chi connectivity index (χ4n) is 4.02. The van der Waals surface area contributed by atoms with Crippen LogP contribution < -0.4 is 5.73 Å². The van der Waals surface area contributed by atoms with Gasteiger partial charge < -0.3 is 15.7 Å². The average Bonchev–Trinajstić information content (AvgIpc) is 2.68. The number of aromatic nitrogens is 3. The Hall–Kier alpha value is -2.54. The van der Waals surface area contributed by atoms with Gasteiger partial charge in [0.2, 0.25) is 5.95 Å². The number of nitrogen functional groups attached to an aromatic ring is 1. The first-order valence-electron chi connectivity index (χ1n) is 9.56. The number of carbonyl (C=O) groups excluding carboxylic acids is 1. The fourth-order valence-corrected chi connectivity index (χ4v) is 4.02. The van der Waals surface area contributed by atoms with Crippen LogP contribution in [0.4, 0.5) is 5.95 Å². The molecule has 27 heavy (non-hydrogen) atoms. The molecule has 1 aliphatic heterocycles. The number of rotatable bonds is 2. The molecule has 1 saturated heterocycles. The Balaban J connectivity index is 1.52. The van der Waals surface area contributed by atoms with Crippen LogP contribution in [0.25, 0.3) is 0 Å². The number of amides is 1. The Labute approximate surface area is 158 Å². The number of pyridine rings is 1. The van der Waals surface area contributed by atoms with Gasteiger partial charge in [0.1, 0.15) is 11.3 Å². The zero-order valence-electron chi connectivity index (χ0n) is 15.6. The van der Waals surface area contributed by atoms with Crippen molar-refractivity contribution >= 4 is 11.9 Å². The van der Waals surface area contributed by atoms with Gasteiger partial charge >= 0.3 is 0 Å². The minimum absolute atomic E-state index is 0.110. The Morgan fingerprint density at radius 1 is 1.19 bits per heavy atom. The Morgan fingerprint density at radius 3 is 2.63 bits per heavy atom. The molecule has 3 N–H and O–H groups in total. The first-order chi connectivity index (χ1) is 13.0. The van der Waals surface area contributed by atoms with E-state index in [4.69, 9.17) is 5.73 Å². The Bertz CT molecular complexity index is 857. The number of carbonyl (C=O) groups is 1.